The number of aryl methyl sites for hydroxylation is 1. The molecule has 2 aromatic rings. The van der Waals surface area contributed by atoms with Gasteiger partial charge in [0.1, 0.15) is 5.82 Å². The van der Waals surface area contributed by atoms with Crippen molar-refractivity contribution in [1.29, 1.82) is 0 Å². The number of fused-ring (bicyclic) bond motifs is 1. The minimum atomic E-state index is 0.270. The third-order valence-electron chi connectivity index (χ3n) is 4.23. The smallest absolute Gasteiger partial charge is 0.126 e. The standard InChI is InChI=1S/C17H28N4/c1-13(2)20(4)12-8-11-18-14(3)17-19-15-9-6-7-10-16(15)21(17)5/h6-7,9-10,13-14,18H,8,11-12H2,1-5H3. The van der Waals surface area contributed by atoms with Crippen LogP contribution < -0.4 is 5.32 Å². The van der Waals surface area contributed by atoms with E-state index in [1.165, 1.54) is 5.52 Å². The fourth-order valence-corrected chi connectivity index (χ4v) is 2.55. The topological polar surface area (TPSA) is 33.1 Å². The Labute approximate surface area is 128 Å². The van der Waals surface area contributed by atoms with Gasteiger partial charge in [-0.15, -0.1) is 0 Å². The Morgan fingerprint density at radius 1 is 1.24 bits per heavy atom. The quantitative estimate of drug-likeness (QED) is 0.795. The van der Waals surface area contributed by atoms with Crippen molar-refractivity contribution < 1.29 is 0 Å². The van der Waals surface area contributed by atoms with Crippen LogP contribution in [0.15, 0.2) is 24.3 Å². The Morgan fingerprint density at radius 3 is 2.62 bits per heavy atom. The number of benzene rings is 1. The molecule has 0 saturated heterocycles. The highest BCUT2D eigenvalue weighted by atomic mass is 15.1. The van der Waals surface area contributed by atoms with Crippen molar-refractivity contribution in [3.63, 3.8) is 0 Å². The van der Waals surface area contributed by atoms with Crippen LogP contribution in [0.2, 0.25) is 0 Å². The molecule has 0 radical (unpaired) electrons. The van der Waals surface area contributed by atoms with Gasteiger partial charge in [-0.1, -0.05) is 12.1 Å². The molecule has 4 heteroatoms. The van der Waals surface area contributed by atoms with E-state index >= 15 is 0 Å². The van der Waals surface area contributed by atoms with Crippen LogP contribution in [0.1, 0.15) is 39.1 Å². The van der Waals surface area contributed by atoms with E-state index in [1.807, 2.05) is 6.07 Å². The summed E-state index contributed by atoms with van der Waals surface area (Å²) in [5.74, 6) is 1.11. The molecule has 0 saturated carbocycles. The SMILES string of the molecule is CC(NCCCN(C)C(C)C)c1nc2ccccc2n1C. The van der Waals surface area contributed by atoms with Crippen LogP contribution in [0.25, 0.3) is 11.0 Å². The lowest BCUT2D eigenvalue weighted by Gasteiger charge is -2.21. The van der Waals surface area contributed by atoms with E-state index in [2.05, 4.69) is 67.8 Å². The summed E-state index contributed by atoms with van der Waals surface area (Å²) >= 11 is 0. The molecule has 4 nitrogen and oxygen atoms in total. The lowest BCUT2D eigenvalue weighted by molar-refractivity contribution is 0.268. The van der Waals surface area contributed by atoms with Crippen molar-refractivity contribution in [2.75, 3.05) is 20.1 Å². The van der Waals surface area contributed by atoms with E-state index in [-0.39, 0.29) is 6.04 Å². The Kier molecular flexibility index (Phi) is 5.37. The maximum atomic E-state index is 4.74. The van der Waals surface area contributed by atoms with E-state index in [1.54, 1.807) is 0 Å². The highest BCUT2D eigenvalue weighted by Gasteiger charge is 2.13. The molecule has 116 valence electrons. The average Bonchev–Trinajstić information content (AvgIpc) is 2.81. The monoisotopic (exact) mass is 288 g/mol. The molecule has 1 unspecified atom stereocenters. The highest BCUT2D eigenvalue weighted by Crippen LogP contribution is 2.18. The summed E-state index contributed by atoms with van der Waals surface area (Å²) in [5, 5.41) is 3.58. The van der Waals surface area contributed by atoms with Crippen LogP contribution >= 0.6 is 0 Å². The predicted octanol–water partition coefficient (Wildman–Crippen LogP) is 2.95. The first-order valence-electron chi connectivity index (χ1n) is 7.85. The second kappa shape index (κ2) is 7.05. The second-order valence-electron chi connectivity index (χ2n) is 6.12. The van der Waals surface area contributed by atoms with Gasteiger partial charge in [-0.05, 0) is 59.5 Å². The molecule has 21 heavy (non-hydrogen) atoms. The van der Waals surface area contributed by atoms with Gasteiger partial charge in [-0.25, -0.2) is 4.98 Å². The Balaban J connectivity index is 1.90. The van der Waals surface area contributed by atoms with Crippen molar-refractivity contribution in [1.82, 2.24) is 19.8 Å². The highest BCUT2D eigenvalue weighted by molar-refractivity contribution is 5.75. The number of hydrogen-bond acceptors (Lipinski definition) is 3. The minimum Gasteiger partial charge on any atom is -0.330 e. The van der Waals surface area contributed by atoms with Gasteiger partial charge in [-0.2, -0.15) is 0 Å². The average molecular weight is 288 g/mol. The van der Waals surface area contributed by atoms with Crippen LogP contribution in [-0.4, -0.2) is 40.6 Å². The van der Waals surface area contributed by atoms with Gasteiger partial charge in [0.05, 0.1) is 17.1 Å². The molecule has 0 fully saturated rings. The second-order valence-corrected chi connectivity index (χ2v) is 6.12. The first-order chi connectivity index (χ1) is 10.0. The van der Waals surface area contributed by atoms with Crippen LogP contribution in [-0.2, 0) is 7.05 Å². The molecule has 0 aliphatic heterocycles. The van der Waals surface area contributed by atoms with Gasteiger partial charge >= 0.3 is 0 Å². The Morgan fingerprint density at radius 2 is 1.95 bits per heavy atom. The first-order valence-corrected chi connectivity index (χ1v) is 7.85. The fourth-order valence-electron chi connectivity index (χ4n) is 2.55. The van der Waals surface area contributed by atoms with Crippen LogP contribution in [0, 0.1) is 0 Å². The summed E-state index contributed by atoms with van der Waals surface area (Å²) in [6.45, 7) is 8.79. The zero-order valence-corrected chi connectivity index (χ0v) is 13.9. The van der Waals surface area contributed by atoms with E-state index in [9.17, 15) is 0 Å². The maximum Gasteiger partial charge on any atom is 0.126 e. The normalized spacial score (nSPS) is 13.5. The van der Waals surface area contributed by atoms with E-state index in [0.717, 1.165) is 30.9 Å². The van der Waals surface area contributed by atoms with Crippen molar-refractivity contribution in [3.05, 3.63) is 30.1 Å². The number of hydrogen-bond donors (Lipinski definition) is 1. The molecule has 0 bridgehead atoms. The fraction of sp³-hybridized carbons (Fsp3) is 0.588. The van der Waals surface area contributed by atoms with Gasteiger partial charge < -0.3 is 14.8 Å². The van der Waals surface area contributed by atoms with Crippen LogP contribution in [0.4, 0.5) is 0 Å². The summed E-state index contributed by atoms with van der Waals surface area (Å²) in [5.41, 5.74) is 2.27. The number of para-hydroxylation sites is 2. The van der Waals surface area contributed by atoms with E-state index < -0.39 is 0 Å². The van der Waals surface area contributed by atoms with Crippen molar-refractivity contribution >= 4 is 11.0 Å². The molecular formula is C17H28N4. The summed E-state index contributed by atoms with van der Waals surface area (Å²) in [7, 11) is 4.27. The number of rotatable bonds is 7. The van der Waals surface area contributed by atoms with E-state index in [4.69, 9.17) is 4.98 Å². The molecule has 0 aliphatic rings. The molecule has 0 amide bonds. The van der Waals surface area contributed by atoms with Crippen LogP contribution in [0.5, 0.6) is 0 Å². The number of aromatic nitrogens is 2. The minimum absolute atomic E-state index is 0.270. The summed E-state index contributed by atoms with van der Waals surface area (Å²) in [6.07, 6.45) is 1.16. The van der Waals surface area contributed by atoms with E-state index in [0.29, 0.717) is 6.04 Å². The van der Waals surface area contributed by atoms with Gasteiger partial charge in [0.25, 0.3) is 0 Å². The van der Waals surface area contributed by atoms with Gasteiger partial charge in [0.2, 0.25) is 0 Å². The largest absolute Gasteiger partial charge is 0.330 e. The molecule has 0 aliphatic carbocycles. The van der Waals surface area contributed by atoms with Gasteiger partial charge in [0, 0.05) is 13.1 Å². The summed E-state index contributed by atoms with van der Waals surface area (Å²) < 4.78 is 2.19. The van der Waals surface area contributed by atoms with Crippen molar-refractivity contribution in [2.45, 2.75) is 39.3 Å². The molecule has 1 N–H and O–H groups in total. The number of imidazole rings is 1. The van der Waals surface area contributed by atoms with Crippen LogP contribution in [0.3, 0.4) is 0 Å². The third-order valence-corrected chi connectivity index (χ3v) is 4.23. The molecule has 1 heterocycles. The molecule has 1 atom stereocenters. The Hall–Kier alpha value is -1.39. The molecule has 1 aromatic heterocycles. The van der Waals surface area contributed by atoms with Gasteiger partial charge in [0.15, 0.2) is 0 Å². The zero-order valence-electron chi connectivity index (χ0n) is 13.9. The van der Waals surface area contributed by atoms with Crippen molar-refractivity contribution in [2.24, 2.45) is 7.05 Å². The number of nitrogens with one attached hydrogen (secondary N) is 1. The number of nitrogens with zero attached hydrogens (tertiary/aromatic N) is 3. The van der Waals surface area contributed by atoms with Gasteiger partial charge in [-0.3, -0.25) is 0 Å². The lowest BCUT2D eigenvalue weighted by Crippen LogP contribution is -2.30. The molecule has 0 spiro atoms. The first kappa shape index (κ1) is 16.0. The maximum absolute atomic E-state index is 4.74. The zero-order chi connectivity index (χ0) is 15.4. The lowest BCUT2D eigenvalue weighted by atomic mass is 10.2. The summed E-state index contributed by atoms with van der Waals surface area (Å²) in [4.78, 5) is 7.12. The molecule has 1 aromatic carbocycles. The van der Waals surface area contributed by atoms with Crippen molar-refractivity contribution in [3.8, 4) is 0 Å². The molecular weight excluding hydrogens is 260 g/mol. The third kappa shape index (κ3) is 3.83. The predicted molar refractivity (Wildman–Crippen MR) is 89.5 cm³/mol. The molecule has 2 rings (SSSR count). The summed E-state index contributed by atoms with van der Waals surface area (Å²) in [6, 6.07) is 9.18. The Bertz CT molecular complexity index is 573.